The fourth-order valence-electron chi connectivity index (χ4n) is 1.67. The second kappa shape index (κ2) is 5.42. The Balaban J connectivity index is 3.27. The lowest BCUT2D eigenvalue weighted by Gasteiger charge is -2.15. The summed E-state index contributed by atoms with van der Waals surface area (Å²) >= 11 is 0. The first-order valence-electron chi connectivity index (χ1n) is 5.63. The van der Waals surface area contributed by atoms with Gasteiger partial charge in [-0.25, -0.2) is 0 Å². The van der Waals surface area contributed by atoms with Crippen molar-refractivity contribution in [1.29, 1.82) is 0 Å². The number of rotatable bonds is 4. The smallest absolute Gasteiger partial charge is 0.455 e. The quantitative estimate of drug-likeness (QED) is 0.769. The van der Waals surface area contributed by atoms with E-state index in [-0.39, 0.29) is 12.4 Å². The molecule has 1 rings (SSSR count). The normalized spacial score (nSPS) is 11.4. The monoisotopic (exact) mass is 260 g/mol. The largest absolute Gasteiger partial charge is 0.493 e. The number of ether oxygens (including phenoxy) is 1. The summed E-state index contributed by atoms with van der Waals surface area (Å²) in [6.07, 6.45) is -4.22. The minimum absolute atomic E-state index is 0.0322. The summed E-state index contributed by atoms with van der Waals surface area (Å²) in [7, 11) is 0. The lowest BCUT2D eigenvalue weighted by molar-refractivity contribution is -0.0886. The van der Waals surface area contributed by atoms with Crippen LogP contribution in [0.1, 0.15) is 34.8 Å². The molecule has 0 N–H and O–H groups in total. The van der Waals surface area contributed by atoms with Crippen molar-refractivity contribution in [1.82, 2.24) is 0 Å². The molecule has 5 heteroatoms. The van der Waals surface area contributed by atoms with Crippen LogP contribution in [0.4, 0.5) is 13.2 Å². The second-order valence-electron chi connectivity index (χ2n) is 4.13. The highest BCUT2D eigenvalue weighted by Crippen LogP contribution is 2.31. The van der Waals surface area contributed by atoms with E-state index in [1.807, 2.05) is 6.92 Å². The molecule has 18 heavy (non-hydrogen) atoms. The average Bonchev–Trinajstić information content (AvgIpc) is 2.24. The minimum Gasteiger partial charge on any atom is -0.493 e. The molecule has 0 radical (unpaired) electrons. The van der Waals surface area contributed by atoms with Crippen LogP contribution in [0.2, 0.25) is 0 Å². The van der Waals surface area contributed by atoms with Gasteiger partial charge in [0, 0.05) is 0 Å². The van der Waals surface area contributed by atoms with Crippen molar-refractivity contribution in [3.05, 3.63) is 28.8 Å². The van der Waals surface area contributed by atoms with Crippen molar-refractivity contribution in [2.45, 2.75) is 33.4 Å². The van der Waals surface area contributed by atoms with Crippen LogP contribution >= 0.6 is 0 Å². The molecule has 0 fully saturated rings. The van der Waals surface area contributed by atoms with Gasteiger partial charge in [-0.2, -0.15) is 13.2 Å². The lowest BCUT2D eigenvalue weighted by Crippen LogP contribution is -2.24. The maximum atomic E-state index is 12.5. The van der Waals surface area contributed by atoms with Crippen LogP contribution in [0.25, 0.3) is 0 Å². The second-order valence-corrected chi connectivity index (χ2v) is 4.13. The van der Waals surface area contributed by atoms with Gasteiger partial charge < -0.3 is 4.74 Å². The standard InChI is InChI=1S/C13H15F3O2/c1-4-5-18-11-9(3)6-8(2)7-10(11)12(17)13(14,15)16/h6-7H,4-5H2,1-3H3. The Hall–Kier alpha value is -1.52. The zero-order valence-electron chi connectivity index (χ0n) is 10.5. The minimum atomic E-state index is -4.88. The van der Waals surface area contributed by atoms with Crippen LogP contribution < -0.4 is 4.74 Å². The van der Waals surface area contributed by atoms with E-state index in [1.165, 1.54) is 6.07 Å². The molecule has 0 heterocycles. The predicted octanol–water partition coefficient (Wildman–Crippen LogP) is 3.84. The summed E-state index contributed by atoms with van der Waals surface area (Å²) in [6.45, 7) is 5.39. The van der Waals surface area contributed by atoms with E-state index in [4.69, 9.17) is 4.74 Å². The van der Waals surface area contributed by atoms with Crippen molar-refractivity contribution in [3.8, 4) is 5.75 Å². The number of benzene rings is 1. The molecule has 0 spiro atoms. The molecule has 0 unspecified atom stereocenters. The van der Waals surface area contributed by atoms with Gasteiger partial charge in [0.25, 0.3) is 5.78 Å². The molecule has 0 saturated heterocycles. The van der Waals surface area contributed by atoms with Gasteiger partial charge in [0.2, 0.25) is 0 Å². The van der Waals surface area contributed by atoms with Crippen LogP contribution in [0.15, 0.2) is 12.1 Å². The first-order chi connectivity index (χ1) is 8.27. The van der Waals surface area contributed by atoms with Gasteiger partial charge in [-0.3, -0.25) is 4.79 Å². The number of aryl methyl sites for hydroxylation is 2. The molecule has 0 bridgehead atoms. The number of carbonyl (C=O) groups is 1. The fraction of sp³-hybridized carbons (Fsp3) is 0.462. The van der Waals surface area contributed by atoms with Crippen molar-refractivity contribution in [2.24, 2.45) is 0 Å². The number of halogens is 3. The highest BCUT2D eigenvalue weighted by atomic mass is 19.4. The highest BCUT2D eigenvalue weighted by Gasteiger charge is 2.41. The number of hydrogen-bond donors (Lipinski definition) is 0. The van der Waals surface area contributed by atoms with E-state index >= 15 is 0 Å². The Morgan fingerprint density at radius 3 is 2.39 bits per heavy atom. The number of ketones is 1. The molecule has 1 aromatic carbocycles. The van der Waals surface area contributed by atoms with Crippen LogP contribution in [0.5, 0.6) is 5.75 Å². The van der Waals surface area contributed by atoms with Crippen molar-refractivity contribution in [2.75, 3.05) is 6.61 Å². The Labute approximate surface area is 104 Å². The van der Waals surface area contributed by atoms with E-state index in [1.54, 1.807) is 19.9 Å². The van der Waals surface area contributed by atoms with Crippen LogP contribution in [0, 0.1) is 13.8 Å². The lowest BCUT2D eigenvalue weighted by atomic mass is 10.0. The Morgan fingerprint density at radius 1 is 1.28 bits per heavy atom. The van der Waals surface area contributed by atoms with E-state index in [9.17, 15) is 18.0 Å². The first kappa shape index (κ1) is 14.5. The molecular formula is C13H15F3O2. The summed E-state index contributed by atoms with van der Waals surface area (Å²) in [5, 5.41) is 0. The van der Waals surface area contributed by atoms with E-state index in [2.05, 4.69) is 0 Å². The maximum absolute atomic E-state index is 12.5. The Bertz CT molecular complexity index is 450. The third-order valence-corrected chi connectivity index (χ3v) is 2.37. The van der Waals surface area contributed by atoms with E-state index in [0.717, 1.165) is 0 Å². The topological polar surface area (TPSA) is 26.3 Å². The summed E-state index contributed by atoms with van der Waals surface area (Å²) in [4.78, 5) is 11.3. The molecule has 0 aliphatic rings. The predicted molar refractivity (Wildman–Crippen MR) is 62.1 cm³/mol. The van der Waals surface area contributed by atoms with Crippen molar-refractivity contribution in [3.63, 3.8) is 0 Å². The van der Waals surface area contributed by atoms with Crippen LogP contribution in [-0.2, 0) is 0 Å². The number of carbonyl (C=O) groups excluding carboxylic acids is 1. The zero-order chi connectivity index (χ0) is 13.9. The summed E-state index contributed by atoms with van der Waals surface area (Å²) in [5.74, 6) is -1.83. The Kier molecular flexibility index (Phi) is 4.38. The average molecular weight is 260 g/mol. The molecule has 1 aromatic rings. The van der Waals surface area contributed by atoms with E-state index < -0.39 is 17.5 Å². The van der Waals surface area contributed by atoms with Crippen LogP contribution in [-0.4, -0.2) is 18.6 Å². The van der Waals surface area contributed by atoms with E-state index in [0.29, 0.717) is 17.5 Å². The van der Waals surface area contributed by atoms with Gasteiger partial charge in [-0.1, -0.05) is 13.0 Å². The molecule has 0 aliphatic carbocycles. The first-order valence-corrected chi connectivity index (χ1v) is 5.63. The molecule has 0 aliphatic heterocycles. The molecule has 0 saturated carbocycles. The highest BCUT2D eigenvalue weighted by molar-refractivity contribution is 6.03. The molecule has 0 atom stereocenters. The van der Waals surface area contributed by atoms with Gasteiger partial charge in [0.15, 0.2) is 0 Å². The molecular weight excluding hydrogens is 245 g/mol. The zero-order valence-corrected chi connectivity index (χ0v) is 10.5. The third kappa shape index (κ3) is 3.24. The summed E-state index contributed by atoms with van der Waals surface area (Å²) in [5.41, 5.74) is 0.730. The molecule has 2 nitrogen and oxygen atoms in total. The Morgan fingerprint density at radius 2 is 1.89 bits per heavy atom. The van der Waals surface area contributed by atoms with Crippen molar-refractivity contribution >= 4 is 5.78 Å². The SMILES string of the molecule is CCCOc1c(C)cc(C)cc1C(=O)C(F)(F)F. The van der Waals surface area contributed by atoms with Crippen LogP contribution in [0.3, 0.4) is 0 Å². The number of Topliss-reactive ketones (excluding diaryl/α,β-unsaturated/α-hetero) is 1. The fourth-order valence-corrected chi connectivity index (χ4v) is 1.67. The van der Waals surface area contributed by atoms with Gasteiger partial charge in [-0.05, 0) is 37.5 Å². The third-order valence-electron chi connectivity index (χ3n) is 2.37. The summed E-state index contributed by atoms with van der Waals surface area (Å²) < 4.78 is 42.8. The summed E-state index contributed by atoms with van der Waals surface area (Å²) in [6, 6.07) is 2.91. The van der Waals surface area contributed by atoms with Gasteiger partial charge in [-0.15, -0.1) is 0 Å². The van der Waals surface area contributed by atoms with Gasteiger partial charge in [0.05, 0.1) is 12.2 Å². The maximum Gasteiger partial charge on any atom is 0.455 e. The van der Waals surface area contributed by atoms with Gasteiger partial charge >= 0.3 is 6.18 Å². The molecule has 0 aromatic heterocycles. The molecule has 100 valence electrons. The molecule has 0 amide bonds. The van der Waals surface area contributed by atoms with Gasteiger partial charge in [0.1, 0.15) is 5.75 Å². The number of hydrogen-bond acceptors (Lipinski definition) is 2. The van der Waals surface area contributed by atoms with Crippen molar-refractivity contribution < 1.29 is 22.7 Å². The number of alkyl halides is 3.